The van der Waals surface area contributed by atoms with Crippen LogP contribution in [0.2, 0.25) is 10.0 Å². The van der Waals surface area contributed by atoms with E-state index in [1.807, 2.05) is 0 Å². The van der Waals surface area contributed by atoms with Crippen LogP contribution in [0, 0.1) is 5.92 Å². The maximum absolute atomic E-state index is 11.1. The number of carboxylic acid groups (broad SMARTS) is 1. The zero-order valence-electron chi connectivity index (χ0n) is 9.08. The Morgan fingerprint density at radius 2 is 2.12 bits per heavy atom. The molecule has 0 aromatic heterocycles. The Hall–Kier alpha value is -0.930. The molecule has 3 nitrogen and oxygen atoms in total. The number of carboxylic acids is 1. The highest BCUT2D eigenvalue weighted by molar-refractivity contribution is 6.36. The summed E-state index contributed by atoms with van der Waals surface area (Å²) < 4.78 is 5.52. The molecule has 0 radical (unpaired) electrons. The normalized spacial score (nSPS) is 15.4. The molecule has 2 rings (SSSR count). The van der Waals surface area contributed by atoms with E-state index >= 15 is 0 Å². The second kappa shape index (κ2) is 5.15. The Balaban J connectivity index is 2.20. The minimum atomic E-state index is -1.09. The largest absolute Gasteiger partial charge is 0.491 e. The number of hydrogen-bond acceptors (Lipinski definition) is 2. The number of ether oxygens (including phenoxy) is 1. The van der Waals surface area contributed by atoms with Gasteiger partial charge in [-0.05, 0) is 30.9 Å². The van der Waals surface area contributed by atoms with Crippen molar-refractivity contribution in [2.45, 2.75) is 19.3 Å². The van der Waals surface area contributed by atoms with E-state index in [2.05, 4.69) is 0 Å². The van der Waals surface area contributed by atoms with Crippen LogP contribution >= 0.6 is 23.2 Å². The highest BCUT2D eigenvalue weighted by atomic mass is 35.5. The lowest BCUT2D eigenvalue weighted by Crippen LogP contribution is -2.20. The molecule has 0 bridgehead atoms. The topological polar surface area (TPSA) is 46.5 Å². The Morgan fingerprint density at radius 3 is 2.65 bits per heavy atom. The molecule has 5 heteroatoms. The van der Waals surface area contributed by atoms with Crippen LogP contribution in [0.3, 0.4) is 0 Å². The molecule has 92 valence electrons. The first-order valence-electron chi connectivity index (χ1n) is 5.43. The molecule has 1 aromatic carbocycles. The van der Waals surface area contributed by atoms with Crippen molar-refractivity contribution in [2.24, 2.45) is 5.92 Å². The van der Waals surface area contributed by atoms with E-state index in [1.165, 1.54) is 18.6 Å². The minimum Gasteiger partial charge on any atom is -0.491 e. The molecule has 1 fully saturated rings. The fourth-order valence-corrected chi connectivity index (χ4v) is 2.27. The third-order valence-electron chi connectivity index (χ3n) is 2.93. The van der Waals surface area contributed by atoms with E-state index in [1.54, 1.807) is 0 Å². The molecular formula is C12H12Cl2O3. The van der Waals surface area contributed by atoms with Crippen molar-refractivity contribution < 1.29 is 14.6 Å². The van der Waals surface area contributed by atoms with Crippen LogP contribution in [0.15, 0.2) is 12.1 Å². The van der Waals surface area contributed by atoms with Crippen LogP contribution in [-0.2, 0) is 0 Å². The predicted molar refractivity (Wildman–Crippen MR) is 66.3 cm³/mol. The quantitative estimate of drug-likeness (QED) is 0.907. The molecule has 0 unspecified atom stereocenters. The van der Waals surface area contributed by atoms with Crippen LogP contribution in [-0.4, -0.2) is 17.7 Å². The molecule has 1 aliphatic rings. The molecule has 0 amide bonds. The number of benzene rings is 1. The monoisotopic (exact) mass is 274 g/mol. The van der Waals surface area contributed by atoms with Gasteiger partial charge in [-0.3, -0.25) is 0 Å². The van der Waals surface area contributed by atoms with Gasteiger partial charge in [-0.25, -0.2) is 4.79 Å². The molecule has 1 aliphatic carbocycles. The molecule has 0 atom stereocenters. The van der Waals surface area contributed by atoms with Crippen LogP contribution in [0.5, 0.6) is 5.75 Å². The van der Waals surface area contributed by atoms with Crippen molar-refractivity contribution in [1.82, 2.24) is 0 Å². The first-order valence-corrected chi connectivity index (χ1v) is 6.18. The molecule has 17 heavy (non-hydrogen) atoms. The van der Waals surface area contributed by atoms with Gasteiger partial charge in [-0.1, -0.05) is 29.6 Å². The van der Waals surface area contributed by atoms with Crippen molar-refractivity contribution >= 4 is 29.2 Å². The lowest BCUT2D eigenvalue weighted by molar-refractivity contribution is 0.0690. The summed E-state index contributed by atoms with van der Waals surface area (Å²) in [7, 11) is 0. The van der Waals surface area contributed by atoms with Gasteiger partial charge in [0.2, 0.25) is 0 Å². The van der Waals surface area contributed by atoms with Crippen LogP contribution in [0.1, 0.15) is 29.6 Å². The number of hydrogen-bond donors (Lipinski definition) is 1. The van der Waals surface area contributed by atoms with Gasteiger partial charge in [-0.15, -0.1) is 0 Å². The number of rotatable bonds is 4. The van der Waals surface area contributed by atoms with Crippen molar-refractivity contribution in [3.63, 3.8) is 0 Å². The standard InChI is InChI=1S/C12H12Cl2O3/c13-8-4-9(12(15)16)11(10(14)5-8)17-6-7-2-1-3-7/h4-5,7H,1-3,6H2,(H,15,16). The van der Waals surface area contributed by atoms with Crippen molar-refractivity contribution in [3.05, 3.63) is 27.7 Å². The van der Waals surface area contributed by atoms with Gasteiger partial charge in [0.15, 0.2) is 5.75 Å². The van der Waals surface area contributed by atoms with E-state index in [-0.39, 0.29) is 16.3 Å². The van der Waals surface area contributed by atoms with Crippen molar-refractivity contribution in [2.75, 3.05) is 6.61 Å². The van der Waals surface area contributed by atoms with Crippen LogP contribution < -0.4 is 4.74 Å². The lowest BCUT2D eigenvalue weighted by Gasteiger charge is -2.25. The Labute approximate surface area is 109 Å². The van der Waals surface area contributed by atoms with Crippen LogP contribution in [0.4, 0.5) is 0 Å². The predicted octanol–water partition coefficient (Wildman–Crippen LogP) is 3.87. The summed E-state index contributed by atoms with van der Waals surface area (Å²) in [4.78, 5) is 11.1. The van der Waals surface area contributed by atoms with Gasteiger partial charge in [0, 0.05) is 5.02 Å². The molecule has 1 aromatic rings. The van der Waals surface area contributed by atoms with Crippen molar-refractivity contribution in [1.29, 1.82) is 0 Å². The van der Waals surface area contributed by atoms with Crippen LogP contribution in [0.25, 0.3) is 0 Å². The van der Waals surface area contributed by atoms with E-state index < -0.39 is 5.97 Å². The molecule has 1 N–H and O–H groups in total. The number of aromatic carboxylic acids is 1. The maximum atomic E-state index is 11.1. The van der Waals surface area contributed by atoms with Gasteiger partial charge in [0.05, 0.1) is 11.6 Å². The van der Waals surface area contributed by atoms with Gasteiger partial charge < -0.3 is 9.84 Å². The summed E-state index contributed by atoms with van der Waals surface area (Å²) in [5.41, 5.74) is 0.0156. The molecule has 0 aliphatic heterocycles. The number of halogens is 2. The molecule has 0 spiro atoms. The van der Waals surface area contributed by atoms with E-state index in [4.69, 9.17) is 33.0 Å². The molecule has 0 saturated heterocycles. The average Bonchev–Trinajstić information content (AvgIpc) is 2.17. The second-order valence-electron chi connectivity index (χ2n) is 4.18. The Kier molecular flexibility index (Phi) is 3.79. The summed E-state index contributed by atoms with van der Waals surface area (Å²) in [6, 6.07) is 2.84. The summed E-state index contributed by atoms with van der Waals surface area (Å²) >= 11 is 11.7. The Morgan fingerprint density at radius 1 is 1.41 bits per heavy atom. The van der Waals surface area contributed by atoms with E-state index in [0.717, 1.165) is 12.8 Å². The minimum absolute atomic E-state index is 0.0156. The third kappa shape index (κ3) is 2.85. The first kappa shape index (κ1) is 12.5. The fourth-order valence-electron chi connectivity index (χ4n) is 1.73. The van der Waals surface area contributed by atoms with Gasteiger partial charge in [0.1, 0.15) is 5.56 Å². The van der Waals surface area contributed by atoms with Gasteiger partial charge >= 0.3 is 5.97 Å². The SMILES string of the molecule is O=C(O)c1cc(Cl)cc(Cl)c1OCC1CCC1. The zero-order valence-corrected chi connectivity index (χ0v) is 10.6. The third-order valence-corrected chi connectivity index (χ3v) is 3.43. The Bertz CT molecular complexity index is 442. The average molecular weight is 275 g/mol. The van der Waals surface area contributed by atoms with Crippen molar-refractivity contribution in [3.8, 4) is 5.75 Å². The maximum Gasteiger partial charge on any atom is 0.339 e. The second-order valence-corrected chi connectivity index (χ2v) is 5.02. The molecule has 0 heterocycles. The van der Waals surface area contributed by atoms with E-state index in [9.17, 15) is 4.79 Å². The fraction of sp³-hybridized carbons (Fsp3) is 0.417. The van der Waals surface area contributed by atoms with Gasteiger partial charge in [-0.2, -0.15) is 0 Å². The summed E-state index contributed by atoms with van der Waals surface area (Å²) in [5, 5.41) is 9.59. The zero-order chi connectivity index (χ0) is 12.4. The van der Waals surface area contributed by atoms with E-state index in [0.29, 0.717) is 17.5 Å². The lowest BCUT2D eigenvalue weighted by atomic mass is 9.86. The highest BCUT2D eigenvalue weighted by Gasteiger charge is 2.21. The molecular weight excluding hydrogens is 263 g/mol. The first-order chi connectivity index (χ1) is 8.08. The summed E-state index contributed by atoms with van der Waals surface area (Å²) in [5.74, 6) is -0.350. The summed E-state index contributed by atoms with van der Waals surface area (Å²) in [6.07, 6.45) is 3.48. The smallest absolute Gasteiger partial charge is 0.339 e. The summed E-state index contributed by atoms with van der Waals surface area (Å²) in [6.45, 7) is 0.516. The number of carbonyl (C=O) groups is 1. The highest BCUT2D eigenvalue weighted by Crippen LogP contribution is 2.34. The molecule has 1 saturated carbocycles. The van der Waals surface area contributed by atoms with Gasteiger partial charge in [0.25, 0.3) is 0 Å².